The molecule has 1 unspecified atom stereocenters. The number of fused-ring (bicyclic) bond motifs is 1. The average Bonchev–Trinajstić information content (AvgIpc) is 2.84. The lowest BCUT2D eigenvalue weighted by molar-refractivity contribution is 0.604. The molecule has 0 amide bonds. The van der Waals surface area contributed by atoms with E-state index in [2.05, 4.69) is 20.4 Å². The second kappa shape index (κ2) is 3.43. The van der Waals surface area contributed by atoms with Gasteiger partial charge in [-0.25, -0.2) is 9.50 Å². The van der Waals surface area contributed by atoms with E-state index in [1.54, 1.807) is 16.9 Å². The van der Waals surface area contributed by atoms with Crippen molar-refractivity contribution in [3.05, 3.63) is 23.2 Å². The molecule has 0 radical (unpaired) electrons. The first kappa shape index (κ1) is 9.06. The molecule has 2 aromatic heterocycles. The maximum atomic E-state index is 5.82. The monoisotopic (exact) mass is 223 g/mol. The van der Waals surface area contributed by atoms with Gasteiger partial charge in [-0.3, -0.25) is 0 Å². The fourth-order valence-corrected chi connectivity index (χ4v) is 1.97. The van der Waals surface area contributed by atoms with Crippen molar-refractivity contribution in [1.82, 2.24) is 24.9 Å². The van der Waals surface area contributed by atoms with Gasteiger partial charge in [-0.15, -0.1) is 5.10 Å². The first-order valence-corrected chi connectivity index (χ1v) is 5.32. The van der Waals surface area contributed by atoms with Crippen molar-refractivity contribution < 1.29 is 0 Å². The van der Waals surface area contributed by atoms with Gasteiger partial charge in [0.15, 0.2) is 5.82 Å². The zero-order chi connectivity index (χ0) is 10.3. The van der Waals surface area contributed by atoms with E-state index in [0.29, 0.717) is 10.8 Å². The van der Waals surface area contributed by atoms with Gasteiger partial charge in [0.25, 0.3) is 5.78 Å². The van der Waals surface area contributed by atoms with Gasteiger partial charge in [-0.1, -0.05) is 11.6 Å². The van der Waals surface area contributed by atoms with Crippen LogP contribution in [0.2, 0.25) is 5.02 Å². The summed E-state index contributed by atoms with van der Waals surface area (Å²) in [5.41, 5.74) is 0. The Hall–Kier alpha value is -1.20. The number of hydrogen-bond acceptors (Lipinski definition) is 4. The lowest BCUT2D eigenvalue weighted by atomic mass is 10.2. The third-order valence-corrected chi connectivity index (χ3v) is 2.75. The van der Waals surface area contributed by atoms with Crippen LogP contribution in [-0.4, -0.2) is 26.1 Å². The molecular weight excluding hydrogens is 214 g/mol. The molecule has 0 aromatic carbocycles. The summed E-state index contributed by atoms with van der Waals surface area (Å²) in [6, 6.07) is 0.269. The zero-order valence-corrected chi connectivity index (χ0v) is 8.78. The smallest absolute Gasteiger partial charge is 0.252 e. The van der Waals surface area contributed by atoms with Crippen LogP contribution in [0.4, 0.5) is 0 Å². The highest BCUT2D eigenvalue weighted by Crippen LogP contribution is 2.20. The molecule has 1 saturated heterocycles. The number of nitrogens with one attached hydrogen (secondary N) is 1. The van der Waals surface area contributed by atoms with Gasteiger partial charge < -0.3 is 5.32 Å². The molecule has 0 bridgehead atoms. The summed E-state index contributed by atoms with van der Waals surface area (Å²) in [7, 11) is 0. The predicted octanol–water partition coefficient (Wildman–Crippen LogP) is 1.20. The van der Waals surface area contributed by atoms with Crippen molar-refractivity contribution in [2.45, 2.75) is 18.9 Å². The Balaban J connectivity index is 2.05. The first-order chi connectivity index (χ1) is 7.33. The topological polar surface area (TPSA) is 55.1 Å². The number of nitrogens with zero attached hydrogens (tertiary/aromatic N) is 4. The molecule has 78 valence electrons. The molecule has 1 atom stereocenters. The zero-order valence-electron chi connectivity index (χ0n) is 8.02. The highest BCUT2D eigenvalue weighted by molar-refractivity contribution is 6.30. The fraction of sp³-hybridized carbons (Fsp3) is 0.444. The van der Waals surface area contributed by atoms with E-state index in [1.807, 2.05) is 0 Å². The average molecular weight is 224 g/mol. The second-order valence-electron chi connectivity index (χ2n) is 3.64. The van der Waals surface area contributed by atoms with Crippen molar-refractivity contribution in [3.63, 3.8) is 0 Å². The molecule has 6 heteroatoms. The van der Waals surface area contributed by atoms with Gasteiger partial charge in [-0.2, -0.15) is 4.98 Å². The Morgan fingerprint density at radius 2 is 2.47 bits per heavy atom. The Labute approximate surface area is 91.5 Å². The van der Waals surface area contributed by atoms with Crippen molar-refractivity contribution in [2.75, 3.05) is 6.54 Å². The summed E-state index contributed by atoms with van der Waals surface area (Å²) < 4.78 is 1.62. The Bertz CT molecular complexity index is 488. The van der Waals surface area contributed by atoms with E-state index in [9.17, 15) is 0 Å². The highest BCUT2D eigenvalue weighted by Gasteiger charge is 2.20. The molecule has 1 aliphatic heterocycles. The molecule has 3 rings (SSSR count). The third-order valence-electron chi connectivity index (χ3n) is 2.55. The van der Waals surface area contributed by atoms with Gasteiger partial charge in [0.1, 0.15) is 0 Å². The SMILES string of the molecule is Clc1cnc2nc(C3CCCN3)nn2c1. The highest BCUT2D eigenvalue weighted by atomic mass is 35.5. The van der Waals surface area contributed by atoms with E-state index in [4.69, 9.17) is 11.6 Å². The summed E-state index contributed by atoms with van der Waals surface area (Å²) in [5, 5.41) is 8.27. The summed E-state index contributed by atoms with van der Waals surface area (Å²) in [4.78, 5) is 8.46. The van der Waals surface area contributed by atoms with Crippen molar-refractivity contribution in [3.8, 4) is 0 Å². The molecule has 15 heavy (non-hydrogen) atoms. The minimum Gasteiger partial charge on any atom is -0.307 e. The third kappa shape index (κ3) is 1.57. The number of halogens is 1. The molecule has 1 fully saturated rings. The standard InChI is InChI=1S/C9H10ClN5/c10-6-4-12-9-13-8(14-15(9)5-6)7-2-1-3-11-7/h4-5,7,11H,1-3H2. The second-order valence-corrected chi connectivity index (χ2v) is 4.07. The van der Waals surface area contributed by atoms with Crippen LogP contribution < -0.4 is 5.32 Å². The number of aromatic nitrogens is 4. The van der Waals surface area contributed by atoms with Crippen molar-refractivity contribution in [1.29, 1.82) is 0 Å². The van der Waals surface area contributed by atoms with Gasteiger partial charge in [0.2, 0.25) is 0 Å². The lowest BCUT2D eigenvalue weighted by Gasteiger charge is -2.02. The molecule has 2 aromatic rings. The van der Waals surface area contributed by atoms with Crippen LogP contribution in [-0.2, 0) is 0 Å². The minimum absolute atomic E-state index is 0.269. The van der Waals surface area contributed by atoms with Crippen LogP contribution >= 0.6 is 11.6 Å². The fourth-order valence-electron chi connectivity index (χ4n) is 1.83. The summed E-state index contributed by atoms with van der Waals surface area (Å²) in [5.74, 6) is 1.41. The molecule has 1 aliphatic rings. The van der Waals surface area contributed by atoms with Gasteiger partial charge >= 0.3 is 0 Å². The molecule has 1 N–H and O–H groups in total. The largest absolute Gasteiger partial charge is 0.307 e. The Morgan fingerprint density at radius 1 is 1.53 bits per heavy atom. The van der Waals surface area contributed by atoms with Crippen molar-refractivity contribution >= 4 is 17.4 Å². The van der Waals surface area contributed by atoms with Gasteiger partial charge in [-0.05, 0) is 19.4 Å². The van der Waals surface area contributed by atoms with Crippen LogP contribution in [0.1, 0.15) is 24.7 Å². The van der Waals surface area contributed by atoms with Gasteiger partial charge in [0, 0.05) is 0 Å². The molecule has 0 aliphatic carbocycles. The number of hydrogen-bond donors (Lipinski definition) is 1. The Morgan fingerprint density at radius 3 is 3.27 bits per heavy atom. The molecule has 0 spiro atoms. The van der Waals surface area contributed by atoms with Crippen LogP contribution in [0, 0.1) is 0 Å². The quantitative estimate of drug-likeness (QED) is 0.790. The van der Waals surface area contributed by atoms with E-state index in [-0.39, 0.29) is 6.04 Å². The molecule has 0 saturated carbocycles. The first-order valence-electron chi connectivity index (χ1n) is 4.94. The van der Waals surface area contributed by atoms with Crippen LogP contribution in [0.5, 0.6) is 0 Å². The Kier molecular flexibility index (Phi) is 2.07. The molecule has 3 heterocycles. The summed E-state index contributed by atoms with van der Waals surface area (Å²) in [6.07, 6.45) is 5.56. The van der Waals surface area contributed by atoms with Crippen LogP contribution in [0.25, 0.3) is 5.78 Å². The normalized spacial score (nSPS) is 21.3. The van der Waals surface area contributed by atoms with Gasteiger partial charge in [0.05, 0.1) is 23.5 Å². The molecular formula is C9H10ClN5. The van der Waals surface area contributed by atoms with Crippen LogP contribution in [0.15, 0.2) is 12.4 Å². The maximum absolute atomic E-state index is 5.82. The van der Waals surface area contributed by atoms with E-state index in [1.165, 1.54) is 6.42 Å². The van der Waals surface area contributed by atoms with E-state index >= 15 is 0 Å². The maximum Gasteiger partial charge on any atom is 0.252 e. The summed E-state index contributed by atoms with van der Waals surface area (Å²) >= 11 is 5.82. The van der Waals surface area contributed by atoms with E-state index < -0.39 is 0 Å². The summed E-state index contributed by atoms with van der Waals surface area (Å²) in [6.45, 7) is 1.04. The lowest BCUT2D eigenvalue weighted by Crippen LogP contribution is -2.14. The van der Waals surface area contributed by atoms with Crippen LogP contribution in [0.3, 0.4) is 0 Å². The van der Waals surface area contributed by atoms with Crippen molar-refractivity contribution in [2.24, 2.45) is 0 Å². The molecule has 5 nitrogen and oxygen atoms in total. The number of rotatable bonds is 1. The minimum atomic E-state index is 0.269. The predicted molar refractivity (Wildman–Crippen MR) is 55.8 cm³/mol. The van der Waals surface area contributed by atoms with E-state index in [0.717, 1.165) is 18.8 Å².